The summed E-state index contributed by atoms with van der Waals surface area (Å²) in [5, 5.41) is 3.52. The van der Waals surface area contributed by atoms with Gasteiger partial charge in [-0.05, 0) is 27.7 Å². The van der Waals surface area contributed by atoms with Gasteiger partial charge in [-0.2, -0.15) is 18.3 Å². The highest BCUT2D eigenvalue weighted by Crippen LogP contribution is 2.37. The topological polar surface area (TPSA) is 45.5 Å². The van der Waals surface area contributed by atoms with Crippen LogP contribution in [-0.4, -0.2) is 35.2 Å². The van der Waals surface area contributed by atoms with E-state index >= 15 is 0 Å². The van der Waals surface area contributed by atoms with Crippen molar-refractivity contribution in [2.24, 2.45) is 0 Å². The Balaban J connectivity index is 2.40. The number of aromatic nitrogens is 2. The quantitative estimate of drug-likeness (QED) is 0.799. The standard InChI is InChI=1S/C12H18BF3N2O3/c1-10(2)11(3,4)21-13(20-10)8-6-18(7-19-5)17-9(8)12(14,15)16/h6H,7H2,1-5H3. The molecule has 0 saturated carbocycles. The van der Waals surface area contributed by atoms with Gasteiger partial charge in [0.2, 0.25) is 0 Å². The molecule has 0 unspecified atom stereocenters. The first-order valence-corrected chi connectivity index (χ1v) is 6.47. The predicted octanol–water partition coefficient (Wildman–Crippen LogP) is 1.80. The molecule has 1 aromatic heterocycles. The average molecular weight is 306 g/mol. The van der Waals surface area contributed by atoms with Crippen molar-refractivity contribution in [3.05, 3.63) is 11.9 Å². The van der Waals surface area contributed by atoms with Crippen LogP contribution in [0.2, 0.25) is 0 Å². The van der Waals surface area contributed by atoms with Crippen molar-refractivity contribution < 1.29 is 27.2 Å². The maximum Gasteiger partial charge on any atom is 0.498 e. The van der Waals surface area contributed by atoms with Crippen molar-refractivity contribution in [3.8, 4) is 0 Å². The molecule has 0 bridgehead atoms. The first-order chi connectivity index (χ1) is 9.48. The molecular formula is C12H18BF3N2O3. The minimum atomic E-state index is -4.59. The fraction of sp³-hybridized carbons (Fsp3) is 0.750. The number of alkyl halides is 3. The summed E-state index contributed by atoms with van der Waals surface area (Å²) in [6, 6.07) is 0. The van der Waals surface area contributed by atoms with Crippen molar-refractivity contribution in [3.63, 3.8) is 0 Å². The number of ether oxygens (including phenoxy) is 1. The van der Waals surface area contributed by atoms with Crippen LogP contribution >= 0.6 is 0 Å². The zero-order chi connectivity index (χ0) is 16.1. The molecule has 9 heteroatoms. The maximum absolute atomic E-state index is 13.1. The van der Waals surface area contributed by atoms with Crippen molar-refractivity contribution in [1.82, 2.24) is 9.78 Å². The lowest BCUT2D eigenvalue weighted by atomic mass is 9.79. The molecule has 0 radical (unpaired) electrons. The number of hydrogen-bond donors (Lipinski definition) is 0. The summed E-state index contributed by atoms with van der Waals surface area (Å²) >= 11 is 0. The number of nitrogens with zero attached hydrogens (tertiary/aromatic N) is 2. The van der Waals surface area contributed by atoms with Crippen LogP contribution in [0.1, 0.15) is 33.4 Å². The summed E-state index contributed by atoms with van der Waals surface area (Å²) in [6.07, 6.45) is -3.34. The fourth-order valence-electron chi connectivity index (χ4n) is 2.00. The first kappa shape index (κ1) is 16.3. The summed E-state index contributed by atoms with van der Waals surface area (Å²) in [5.41, 5.74) is -2.59. The molecule has 0 spiro atoms. The molecule has 2 rings (SSSR count). The van der Waals surface area contributed by atoms with Gasteiger partial charge in [-0.3, -0.25) is 0 Å². The van der Waals surface area contributed by atoms with E-state index in [4.69, 9.17) is 14.0 Å². The van der Waals surface area contributed by atoms with Crippen molar-refractivity contribution in [2.45, 2.75) is 51.8 Å². The van der Waals surface area contributed by atoms with Crippen molar-refractivity contribution in [2.75, 3.05) is 7.11 Å². The van der Waals surface area contributed by atoms with Crippen molar-refractivity contribution in [1.29, 1.82) is 0 Å². The van der Waals surface area contributed by atoms with Crippen LogP contribution in [0.5, 0.6) is 0 Å². The van der Waals surface area contributed by atoms with Gasteiger partial charge < -0.3 is 14.0 Å². The average Bonchev–Trinajstić information content (AvgIpc) is 2.79. The number of halogens is 3. The van der Waals surface area contributed by atoms with E-state index in [-0.39, 0.29) is 12.2 Å². The SMILES string of the molecule is COCn1cc(B2OC(C)(C)C(C)(C)O2)c(C(F)(F)F)n1. The van der Waals surface area contributed by atoms with Gasteiger partial charge in [0.25, 0.3) is 0 Å². The smallest absolute Gasteiger partial charge is 0.399 e. The van der Waals surface area contributed by atoms with Gasteiger partial charge in [-0.25, -0.2) is 4.68 Å². The molecule has 5 nitrogen and oxygen atoms in total. The van der Waals surface area contributed by atoms with E-state index in [1.54, 1.807) is 27.7 Å². The Bertz CT molecular complexity index is 512. The Hall–Kier alpha value is -1.06. The Labute approximate surface area is 121 Å². The first-order valence-electron chi connectivity index (χ1n) is 6.47. The van der Waals surface area contributed by atoms with Crippen LogP contribution in [0.15, 0.2) is 6.20 Å². The molecule has 118 valence electrons. The van der Waals surface area contributed by atoms with E-state index in [0.29, 0.717) is 0 Å². The number of methoxy groups -OCH3 is 1. The minimum absolute atomic E-state index is 0.0808. The summed E-state index contributed by atoms with van der Waals surface area (Å²) < 4.78 is 56.5. The molecule has 1 aliphatic heterocycles. The van der Waals surface area contributed by atoms with Crippen LogP contribution in [0.4, 0.5) is 13.2 Å². The lowest BCUT2D eigenvalue weighted by Crippen LogP contribution is -2.41. The zero-order valence-corrected chi connectivity index (χ0v) is 12.6. The third kappa shape index (κ3) is 2.95. The normalized spacial score (nSPS) is 21.0. The molecule has 0 aromatic carbocycles. The Morgan fingerprint density at radius 2 is 1.76 bits per heavy atom. The van der Waals surface area contributed by atoms with E-state index in [2.05, 4.69) is 5.10 Å². The molecule has 1 aromatic rings. The molecule has 2 heterocycles. The Morgan fingerprint density at radius 3 is 2.19 bits per heavy atom. The number of rotatable bonds is 3. The molecule has 1 fully saturated rings. The largest absolute Gasteiger partial charge is 0.498 e. The van der Waals surface area contributed by atoms with Gasteiger partial charge in [-0.15, -0.1) is 0 Å². The molecule has 0 amide bonds. The molecule has 1 saturated heterocycles. The van der Waals surface area contributed by atoms with E-state index in [1.807, 2.05) is 0 Å². The fourth-order valence-corrected chi connectivity index (χ4v) is 2.00. The van der Waals surface area contributed by atoms with Crippen molar-refractivity contribution >= 4 is 12.6 Å². The maximum atomic E-state index is 13.1. The molecule has 1 aliphatic rings. The van der Waals surface area contributed by atoms with E-state index in [1.165, 1.54) is 13.3 Å². The zero-order valence-electron chi connectivity index (χ0n) is 12.6. The molecule has 0 aliphatic carbocycles. The third-order valence-corrected chi connectivity index (χ3v) is 3.83. The van der Waals surface area contributed by atoms with Crippen LogP contribution in [0.25, 0.3) is 0 Å². The molecule has 21 heavy (non-hydrogen) atoms. The minimum Gasteiger partial charge on any atom is -0.399 e. The van der Waals surface area contributed by atoms with Gasteiger partial charge in [0.15, 0.2) is 5.69 Å². The highest BCUT2D eigenvalue weighted by atomic mass is 19.4. The van der Waals surface area contributed by atoms with Gasteiger partial charge in [-0.1, -0.05) is 0 Å². The lowest BCUT2D eigenvalue weighted by molar-refractivity contribution is -0.141. The van der Waals surface area contributed by atoms with Crippen LogP contribution in [0, 0.1) is 0 Å². The Kier molecular flexibility index (Phi) is 3.88. The van der Waals surface area contributed by atoms with Crippen LogP contribution < -0.4 is 5.46 Å². The highest BCUT2D eigenvalue weighted by molar-refractivity contribution is 6.62. The monoisotopic (exact) mass is 306 g/mol. The van der Waals surface area contributed by atoms with E-state index < -0.39 is 30.2 Å². The van der Waals surface area contributed by atoms with Crippen LogP contribution in [-0.2, 0) is 27.0 Å². The van der Waals surface area contributed by atoms with Crippen LogP contribution in [0.3, 0.4) is 0 Å². The second kappa shape index (κ2) is 5.00. The predicted molar refractivity (Wildman–Crippen MR) is 70.0 cm³/mol. The lowest BCUT2D eigenvalue weighted by Gasteiger charge is -2.32. The highest BCUT2D eigenvalue weighted by Gasteiger charge is 2.54. The second-order valence-corrected chi connectivity index (χ2v) is 5.98. The summed E-state index contributed by atoms with van der Waals surface area (Å²) in [5.74, 6) is 0. The van der Waals surface area contributed by atoms with E-state index in [9.17, 15) is 13.2 Å². The summed E-state index contributed by atoms with van der Waals surface area (Å²) in [7, 11) is 0.265. The summed E-state index contributed by atoms with van der Waals surface area (Å²) in [4.78, 5) is 0. The van der Waals surface area contributed by atoms with Gasteiger partial charge in [0, 0.05) is 18.8 Å². The molecular weight excluding hydrogens is 288 g/mol. The number of hydrogen-bond acceptors (Lipinski definition) is 4. The van der Waals surface area contributed by atoms with Gasteiger partial charge in [0.05, 0.1) is 11.2 Å². The van der Waals surface area contributed by atoms with Gasteiger partial charge >= 0.3 is 13.3 Å². The molecule has 0 atom stereocenters. The van der Waals surface area contributed by atoms with E-state index in [0.717, 1.165) is 4.68 Å². The van der Waals surface area contributed by atoms with Gasteiger partial charge in [0.1, 0.15) is 6.73 Å². The summed E-state index contributed by atoms with van der Waals surface area (Å²) in [6.45, 7) is 7.03. The third-order valence-electron chi connectivity index (χ3n) is 3.83. The second-order valence-electron chi connectivity index (χ2n) is 5.98. The molecule has 0 N–H and O–H groups in total. The Morgan fingerprint density at radius 1 is 1.24 bits per heavy atom.